The van der Waals surface area contributed by atoms with Crippen LogP contribution in [0, 0.1) is 5.82 Å². The van der Waals surface area contributed by atoms with Crippen LogP contribution in [0.2, 0.25) is 0 Å². The van der Waals surface area contributed by atoms with Crippen LogP contribution in [0.1, 0.15) is 18.6 Å². The van der Waals surface area contributed by atoms with Gasteiger partial charge in [0.25, 0.3) is 0 Å². The SMILES string of the molecule is C[C@@H](Cn1ccnc1)NC(=O)N1CCO[C@H](c2ccc(F)cc2)C1. The Hall–Kier alpha value is -2.41. The van der Waals surface area contributed by atoms with E-state index in [2.05, 4.69) is 10.3 Å². The van der Waals surface area contributed by atoms with Crippen molar-refractivity contribution in [3.63, 3.8) is 0 Å². The van der Waals surface area contributed by atoms with Crippen LogP contribution in [-0.4, -0.2) is 46.2 Å². The molecule has 0 aliphatic carbocycles. The van der Waals surface area contributed by atoms with Gasteiger partial charge in [0.15, 0.2) is 0 Å². The summed E-state index contributed by atoms with van der Waals surface area (Å²) >= 11 is 0. The highest BCUT2D eigenvalue weighted by atomic mass is 19.1. The first-order chi connectivity index (χ1) is 11.6. The average Bonchev–Trinajstić information content (AvgIpc) is 3.08. The van der Waals surface area contributed by atoms with Crippen molar-refractivity contribution in [3.05, 3.63) is 54.4 Å². The van der Waals surface area contributed by atoms with Crippen molar-refractivity contribution >= 4 is 6.03 Å². The number of carbonyl (C=O) groups excluding carboxylic acids is 1. The highest BCUT2D eigenvalue weighted by Gasteiger charge is 2.26. The van der Waals surface area contributed by atoms with Gasteiger partial charge >= 0.3 is 6.03 Å². The summed E-state index contributed by atoms with van der Waals surface area (Å²) in [5.74, 6) is -0.280. The number of morpholine rings is 1. The first kappa shape index (κ1) is 16.4. The Labute approximate surface area is 140 Å². The molecule has 3 rings (SSSR count). The zero-order chi connectivity index (χ0) is 16.9. The maximum absolute atomic E-state index is 13.0. The molecule has 7 heteroatoms. The third-order valence-electron chi connectivity index (χ3n) is 4.01. The lowest BCUT2D eigenvalue weighted by Crippen LogP contribution is -2.50. The summed E-state index contributed by atoms with van der Waals surface area (Å²) in [6, 6.07) is 6.08. The molecular weight excluding hydrogens is 311 g/mol. The van der Waals surface area contributed by atoms with Gasteiger partial charge in [-0.1, -0.05) is 12.1 Å². The third kappa shape index (κ3) is 4.11. The molecule has 1 aromatic heterocycles. The quantitative estimate of drug-likeness (QED) is 0.934. The van der Waals surface area contributed by atoms with E-state index in [0.717, 1.165) is 5.56 Å². The molecule has 0 bridgehead atoms. The minimum absolute atomic E-state index is 0.0150. The molecule has 1 N–H and O–H groups in total. The number of halogens is 1. The van der Waals surface area contributed by atoms with E-state index >= 15 is 0 Å². The molecule has 1 aromatic carbocycles. The van der Waals surface area contributed by atoms with Gasteiger partial charge in [-0.15, -0.1) is 0 Å². The first-order valence-electron chi connectivity index (χ1n) is 8.00. The van der Waals surface area contributed by atoms with Crippen LogP contribution in [-0.2, 0) is 11.3 Å². The molecule has 0 saturated carbocycles. The van der Waals surface area contributed by atoms with Gasteiger partial charge in [-0.2, -0.15) is 0 Å². The Bertz CT molecular complexity index is 660. The maximum Gasteiger partial charge on any atom is 0.317 e. The monoisotopic (exact) mass is 332 g/mol. The van der Waals surface area contributed by atoms with Gasteiger partial charge in [0.2, 0.25) is 0 Å². The summed E-state index contributed by atoms with van der Waals surface area (Å²) in [4.78, 5) is 18.2. The second kappa shape index (κ2) is 7.44. The van der Waals surface area contributed by atoms with E-state index in [4.69, 9.17) is 4.74 Å². The smallest absolute Gasteiger partial charge is 0.317 e. The molecule has 1 saturated heterocycles. The highest BCUT2D eigenvalue weighted by Crippen LogP contribution is 2.22. The number of nitrogens with zero attached hydrogens (tertiary/aromatic N) is 3. The number of ether oxygens (including phenoxy) is 1. The van der Waals surface area contributed by atoms with Crippen LogP contribution in [0.4, 0.5) is 9.18 Å². The van der Waals surface area contributed by atoms with Crippen LogP contribution in [0.3, 0.4) is 0 Å². The number of hydrogen-bond acceptors (Lipinski definition) is 3. The molecule has 1 fully saturated rings. The van der Waals surface area contributed by atoms with Crippen molar-refractivity contribution < 1.29 is 13.9 Å². The normalized spacial score (nSPS) is 19.1. The second-order valence-corrected chi connectivity index (χ2v) is 5.97. The van der Waals surface area contributed by atoms with E-state index in [-0.39, 0.29) is 24.0 Å². The average molecular weight is 332 g/mol. The lowest BCUT2D eigenvalue weighted by molar-refractivity contribution is -0.0158. The molecule has 1 aliphatic rings. The van der Waals surface area contributed by atoms with Crippen molar-refractivity contribution in [1.29, 1.82) is 0 Å². The van der Waals surface area contributed by atoms with Crippen LogP contribution in [0.15, 0.2) is 43.0 Å². The number of nitrogens with one attached hydrogen (secondary N) is 1. The second-order valence-electron chi connectivity index (χ2n) is 5.97. The molecule has 24 heavy (non-hydrogen) atoms. The standard InChI is InChI=1S/C17H21FN4O2/c1-13(10-21-7-6-19-12-21)20-17(23)22-8-9-24-16(11-22)14-2-4-15(18)5-3-14/h2-7,12-13,16H,8-11H2,1H3,(H,20,23)/t13-,16-/m0/s1. The van der Waals surface area contributed by atoms with Gasteiger partial charge in [0.05, 0.1) is 19.5 Å². The van der Waals surface area contributed by atoms with Gasteiger partial charge in [-0.3, -0.25) is 0 Å². The molecule has 2 heterocycles. The van der Waals surface area contributed by atoms with Crippen molar-refractivity contribution in [1.82, 2.24) is 19.8 Å². The largest absolute Gasteiger partial charge is 0.370 e. The Morgan fingerprint density at radius 1 is 1.46 bits per heavy atom. The summed E-state index contributed by atoms with van der Waals surface area (Å²) in [5.41, 5.74) is 0.875. The van der Waals surface area contributed by atoms with E-state index in [1.54, 1.807) is 29.6 Å². The summed E-state index contributed by atoms with van der Waals surface area (Å²) in [6.07, 6.45) is 5.07. The number of aromatic nitrogens is 2. The summed E-state index contributed by atoms with van der Waals surface area (Å²) in [6.45, 7) is 4.08. The lowest BCUT2D eigenvalue weighted by Gasteiger charge is -2.34. The van der Waals surface area contributed by atoms with Crippen LogP contribution < -0.4 is 5.32 Å². The van der Waals surface area contributed by atoms with E-state index in [0.29, 0.717) is 26.2 Å². The van der Waals surface area contributed by atoms with Gasteiger partial charge in [0.1, 0.15) is 11.9 Å². The molecular formula is C17H21FN4O2. The molecule has 0 unspecified atom stereocenters. The predicted molar refractivity (Wildman–Crippen MR) is 86.9 cm³/mol. The molecule has 2 atom stereocenters. The number of imidazole rings is 1. The molecule has 0 spiro atoms. The summed E-state index contributed by atoms with van der Waals surface area (Å²) in [7, 11) is 0. The summed E-state index contributed by atoms with van der Waals surface area (Å²) in [5, 5.41) is 2.99. The summed E-state index contributed by atoms with van der Waals surface area (Å²) < 4.78 is 20.7. The lowest BCUT2D eigenvalue weighted by atomic mass is 10.1. The van der Waals surface area contributed by atoms with Gasteiger partial charge in [-0.25, -0.2) is 14.2 Å². The van der Waals surface area contributed by atoms with Crippen LogP contribution in [0.5, 0.6) is 0 Å². The van der Waals surface area contributed by atoms with Crippen molar-refractivity contribution in [2.75, 3.05) is 19.7 Å². The molecule has 2 aromatic rings. The molecule has 2 amide bonds. The predicted octanol–water partition coefficient (Wildman–Crippen LogP) is 2.19. The molecule has 0 radical (unpaired) electrons. The number of rotatable bonds is 4. The fraction of sp³-hybridized carbons (Fsp3) is 0.412. The Balaban J connectivity index is 1.55. The Kier molecular flexibility index (Phi) is 5.10. The van der Waals surface area contributed by atoms with Crippen molar-refractivity contribution in [2.45, 2.75) is 25.6 Å². The zero-order valence-corrected chi connectivity index (χ0v) is 13.6. The van der Waals surface area contributed by atoms with Gasteiger partial charge in [-0.05, 0) is 24.6 Å². The van der Waals surface area contributed by atoms with Crippen LogP contribution in [0.25, 0.3) is 0 Å². The number of urea groups is 1. The zero-order valence-electron chi connectivity index (χ0n) is 13.6. The van der Waals surface area contributed by atoms with E-state index in [1.165, 1.54) is 12.1 Å². The van der Waals surface area contributed by atoms with Crippen LogP contribution >= 0.6 is 0 Å². The number of amides is 2. The minimum Gasteiger partial charge on any atom is -0.370 e. The van der Waals surface area contributed by atoms with Gasteiger partial charge < -0.3 is 19.5 Å². The topological polar surface area (TPSA) is 59.4 Å². The number of hydrogen-bond donors (Lipinski definition) is 1. The fourth-order valence-electron chi connectivity index (χ4n) is 2.77. The van der Waals surface area contributed by atoms with E-state index in [1.807, 2.05) is 17.7 Å². The van der Waals surface area contributed by atoms with E-state index < -0.39 is 0 Å². The van der Waals surface area contributed by atoms with E-state index in [9.17, 15) is 9.18 Å². The molecule has 128 valence electrons. The number of carbonyl (C=O) groups is 1. The first-order valence-corrected chi connectivity index (χ1v) is 8.00. The highest BCUT2D eigenvalue weighted by molar-refractivity contribution is 5.74. The Morgan fingerprint density at radius 3 is 2.96 bits per heavy atom. The third-order valence-corrected chi connectivity index (χ3v) is 4.01. The van der Waals surface area contributed by atoms with Gasteiger partial charge in [0, 0.05) is 31.5 Å². The molecule has 1 aliphatic heterocycles. The molecule has 6 nitrogen and oxygen atoms in total. The minimum atomic E-state index is -0.280. The van der Waals surface area contributed by atoms with Crippen molar-refractivity contribution in [2.24, 2.45) is 0 Å². The Morgan fingerprint density at radius 2 is 2.25 bits per heavy atom. The number of benzene rings is 1. The van der Waals surface area contributed by atoms with Crippen molar-refractivity contribution in [3.8, 4) is 0 Å². The fourth-order valence-corrected chi connectivity index (χ4v) is 2.77. The maximum atomic E-state index is 13.0.